The Kier molecular flexibility index (Phi) is 8.93. The molecule has 0 aliphatic rings. The number of benzene rings is 4. The van der Waals surface area contributed by atoms with Gasteiger partial charge in [0.05, 0.1) is 25.3 Å². The van der Waals surface area contributed by atoms with E-state index < -0.39 is 0 Å². The highest BCUT2D eigenvalue weighted by atomic mass is 16.5. The largest absolute Gasteiger partial charge is 0.497 e. The number of pyridine rings is 2. The van der Waals surface area contributed by atoms with Crippen molar-refractivity contribution in [3.63, 3.8) is 0 Å². The highest BCUT2D eigenvalue weighted by Crippen LogP contribution is 2.31. The molecule has 0 fully saturated rings. The molecule has 39 heavy (non-hydrogen) atoms. The Morgan fingerprint density at radius 3 is 1.51 bits per heavy atom. The summed E-state index contributed by atoms with van der Waals surface area (Å²) in [5, 5.41) is 1.99. The molecular formula is C33H30N2O4. The fourth-order valence-corrected chi connectivity index (χ4v) is 3.89. The van der Waals surface area contributed by atoms with Crippen molar-refractivity contribution in [2.24, 2.45) is 0 Å². The summed E-state index contributed by atoms with van der Waals surface area (Å²) >= 11 is 0. The van der Waals surface area contributed by atoms with Crippen LogP contribution in [0.1, 0.15) is 7.43 Å². The zero-order chi connectivity index (χ0) is 26.2. The molecule has 0 bridgehead atoms. The number of hydrogen-bond acceptors (Lipinski definition) is 6. The van der Waals surface area contributed by atoms with Crippen LogP contribution < -0.4 is 18.9 Å². The summed E-state index contributed by atoms with van der Waals surface area (Å²) in [7, 11) is 3.28. The fourth-order valence-electron chi connectivity index (χ4n) is 3.89. The Bertz CT molecular complexity index is 1640. The van der Waals surface area contributed by atoms with Gasteiger partial charge in [-0.1, -0.05) is 25.6 Å². The predicted octanol–water partition coefficient (Wildman–Crippen LogP) is 8.71. The third-order valence-electron chi connectivity index (χ3n) is 5.77. The second-order valence-electron chi connectivity index (χ2n) is 8.21. The van der Waals surface area contributed by atoms with Gasteiger partial charge in [0.1, 0.15) is 34.5 Å². The maximum atomic E-state index is 5.91. The van der Waals surface area contributed by atoms with Gasteiger partial charge in [-0.2, -0.15) is 0 Å². The van der Waals surface area contributed by atoms with Crippen molar-refractivity contribution in [2.45, 2.75) is 7.43 Å². The number of ether oxygens (including phenoxy) is 4. The average molecular weight is 519 g/mol. The minimum atomic E-state index is 0. The van der Waals surface area contributed by atoms with E-state index in [1.54, 1.807) is 26.6 Å². The molecular weight excluding hydrogens is 488 g/mol. The maximum Gasteiger partial charge on any atom is 0.136 e. The molecule has 6 heteroatoms. The van der Waals surface area contributed by atoms with Gasteiger partial charge in [0.2, 0.25) is 0 Å². The highest BCUT2D eigenvalue weighted by Gasteiger charge is 2.05. The number of hydrogen-bond donors (Lipinski definition) is 0. The third kappa shape index (κ3) is 6.62. The van der Waals surface area contributed by atoms with Crippen LogP contribution in [0.4, 0.5) is 0 Å². The van der Waals surface area contributed by atoms with Gasteiger partial charge in [-0.3, -0.25) is 9.97 Å². The zero-order valence-electron chi connectivity index (χ0n) is 21.1. The molecule has 0 saturated carbocycles. The van der Waals surface area contributed by atoms with Gasteiger partial charge >= 0.3 is 0 Å². The second-order valence-corrected chi connectivity index (χ2v) is 8.21. The SMILES string of the molecule is C.COc1ccc(Oc2cccc3ncccc23)cc1.COc1cccc(Oc2cccc3ncccc23)c1. The van der Waals surface area contributed by atoms with Crippen LogP contribution in [0.25, 0.3) is 21.8 Å². The Hall–Kier alpha value is -5.10. The van der Waals surface area contributed by atoms with Crippen molar-refractivity contribution in [3.8, 4) is 34.5 Å². The van der Waals surface area contributed by atoms with Gasteiger partial charge in [-0.05, 0) is 84.9 Å². The lowest BCUT2D eigenvalue weighted by Crippen LogP contribution is -1.88. The third-order valence-corrected chi connectivity index (χ3v) is 5.77. The highest BCUT2D eigenvalue weighted by molar-refractivity contribution is 5.85. The van der Waals surface area contributed by atoms with Gasteiger partial charge in [-0.15, -0.1) is 0 Å². The summed E-state index contributed by atoms with van der Waals surface area (Å²) in [4.78, 5) is 8.62. The Morgan fingerprint density at radius 2 is 0.949 bits per heavy atom. The molecule has 0 aliphatic heterocycles. The van der Waals surface area contributed by atoms with Crippen molar-refractivity contribution in [2.75, 3.05) is 14.2 Å². The molecule has 0 aliphatic carbocycles. The van der Waals surface area contributed by atoms with Gasteiger partial charge < -0.3 is 18.9 Å². The molecule has 0 spiro atoms. The topological polar surface area (TPSA) is 62.7 Å². The van der Waals surface area contributed by atoms with Crippen LogP contribution >= 0.6 is 0 Å². The van der Waals surface area contributed by atoms with Crippen molar-refractivity contribution in [3.05, 3.63) is 122 Å². The summed E-state index contributed by atoms with van der Waals surface area (Å²) in [6.45, 7) is 0. The molecule has 2 heterocycles. The number of fused-ring (bicyclic) bond motifs is 2. The van der Waals surface area contributed by atoms with Crippen LogP contribution in [0.15, 0.2) is 122 Å². The molecule has 0 N–H and O–H groups in total. The van der Waals surface area contributed by atoms with E-state index in [9.17, 15) is 0 Å². The maximum absolute atomic E-state index is 5.91. The summed E-state index contributed by atoms with van der Waals surface area (Å²) in [5.74, 6) is 4.70. The van der Waals surface area contributed by atoms with Crippen LogP contribution in [-0.4, -0.2) is 24.2 Å². The minimum Gasteiger partial charge on any atom is -0.497 e. The Morgan fingerprint density at radius 1 is 0.462 bits per heavy atom. The van der Waals surface area contributed by atoms with Gasteiger partial charge in [-0.25, -0.2) is 0 Å². The van der Waals surface area contributed by atoms with E-state index >= 15 is 0 Å². The molecule has 6 nitrogen and oxygen atoms in total. The van der Waals surface area contributed by atoms with E-state index in [2.05, 4.69) is 9.97 Å². The fraction of sp³-hybridized carbons (Fsp3) is 0.0909. The number of aromatic nitrogens is 2. The lowest BCUT2D eigenvalue weighted by atomic mass is 10.2. The molecule has 196 valence electrons. The molecule has 4 aromatic carbocycles. The molecule has 0 saturated heterocycles. The Balaban J connectivity index is 0.000000176. The number of nitrogens with zero attached hydrogens (tertiary/aromatic N) is 2. The van der Waals surface area contributed by atoms with E-state index in [1.807, 2.05) is 109 Å². The van der Waals surface area contributed by atoms with Crippen molar-refractivity contribution in [1.29, 1.82) is 0 Å². The first-order valence-electron chi connectivity index (χ1n) is 12.0. The van der Waals surface area contributed by atoms with E-state index in [0.29, 0.717) is 0 Å². The van der Waals surface area contributed by atoms with Crippen molar-refractivity contribution < 1.29 is 18.9 Å². The second kappa shape index (κ2) is 12.9. The lowest BCUT2D eigenvalue weighted by Gasteiger charge is -2.09. The molecule has 2 aromatic heterocycles. The zero-order valence-corrected chi connectivity index (χ0v) is 21.1. The number of methoxy groups -OCH3 is 2. The van der Waals surface area contributed by atoms with Crippen LogP contribution in [0.3, 0.4) is 0 Å². The number of rotatable bonds is 6. The van der Waals surface area contributed by atoms with Crippen molar-refractivity contribution >= 4 is 21.8 Å². The molecule has 0 amide bonds. The molecule has 0 atom stereocenters. The summed E-state index contributed by atoms with van der Waals surface area (Å²) in [6.07, 6.45) is 3.55. The minimum absolute atomic E-state index is 0. The van der Waals surface area contributed by atoms with E-state index in [4.69, 9.17) is 18.9 Å². The van der Waals surface area contributed by atoms with Crippen LogP contribution in [0.5, 0.6) is 34.5 Å². The summed E-state index contributed by atoms with van der Waals surface area (Å²) < 4.78 is 22.1. The normalized spacial score (nSPS) is 10.1. The summed E-state index contributed by atoms with van der Waals surface area (Å²) in [6, 6.07) is 34.5. The lowest BCUT2D eigenvalue weighted by molar-refractivity contribution is 0.409. The van der Waals surface area contributed by atoms with Crippen LogP contribution in [-0.2, 0) is 0 Å². The van der Waals surface area contributed by atoms with Gasteiger partial charge in [0, 0.05) is 29.2 Å². The van der Waals surface area contributed by atoms with Gasteiger partial charge in [0.15, 0.2) is 0 Å². The van der Waals surface area contributed by atoms with Crippen molar-refractivity contribution in [1.82, 2.24) is 9.97 Å². The standard InChI is InChI=1S/2C16H13NO2.CH4/c1-18-12-5-2-6-13(11-12)19-16-9-3-8-15-14(16)7-4-10-17-15;1-18-12-7-9-13(10-8-12)19-16-6-2-5-15-14(16)4-3-11-17-15;/h2*2-11H,1H3;1H4. The first kappa shape index (κ1) is 26.9. The Labute approximate surface area is 228 Å². The average Bonchev–Trinajstić information content (AvgIpc) is 2.98. The molecule has 0 radical (unpaired) electrons. The molecule has 6 rings (SSSR count). The first-order valence-corrected chi connectivity index (χ1v) is 12.0. The first-order chi connectivity index (χ1) is 18.7. The molecule has 6 aromatic rings. The summed E-state index contributed by atoms with van der Waals surface area (Å²) in [5.41, 5.74) is 1.84. The van der Waals surface area contributed by atoms with E-state index in [1.165, 1.54) is 0 Å². The van der Waals surface area contributed by atoms with Crippen LogP contribution in [0, 0.1) is 0 Å². The van der Waals surface area contributed by atoms with Gasteiger partial charge in [0.25, 0.3) is 0 Å². The van der Waals surface area contributed by atoms with Crippen LogP contribution in [0.2, 0.25) is 0 Å². The monoisotopic (exact) mass is 518 g/mol. The smallest absolute Gasteiger partial charge is 0.136 e. The molecule has 0 unspecified atom stereocenters. The quantitative estimate of drug-likeness (QED) is 0.220. The van der Waals surface area contributed by atoms with E-state index in [0.717, 1.165) is 56.3 Å². The van der Waals surface area contributed by atoms with E-state index in [-0.39, 0.29) is 7.43 Å². The predicted molar refractivity (Wildman–Crippen MR) is 156 cm³/mol.